The Labute approximate surface area is 157 Å². The molecule has 0 radical (unpaired) electrons. The minimum absolute atomic E-state index is 0.271. The van der Waals surface area contributed by atoms with Crippen molar-refractivity contribution in [3.63, 3.8) is 0 Å². The van der Waals surface area contributed by atoms with Gasteiger partial charge in [0.15, 0.2) is 0 Å². The molecule has 146 valence electrons. The third kappa shape index (κ3) is 4.39. The van der Waals surface area contributed by atoms with Crippen LogP contribution in [0.2, 0.25) is 0 Å². The lowest BCUT2D eigenvalue weighted by atomic mass is 9.96. The lowest BCUT2D eigenvalue weighted by Gasteiger charge is -2.42. The molecule has 1 aliphatic rings. The molecule has 5 atom stereocenters. The molecule has 7 nitrogen and oxygen atoms in total. The number of amides is 1. The number of fused-ring (bicyclic) bond motifs is 1. The first-order chi connectivity index (χ1) is 13.0. The van der Waals surface area contributed by atoms with E-state index in [0.717, 1.165) is 10.8 Å². The summed E-state index contributed by atoms with van der Waals surface area (Å²) in [4.78, 5) is 12.0. The minimum atomic E-state index is -1.33. The van der Waals surface area contributed by atoms with E-state index in [1.54, 1.807) is 6.07 Å². The number of aliphatic hydroxyl groups excluding tert-OH is 3. The molecule has 1 amide bonds. The van der Waals surface area contributed by atoms with Gasteiger partial charge in [0.05, 0.1) is 6.61 Å². The summed E-state index contributed by atoms with van der Waals surface area (Å²) in [6.45, 7) is 1.39. The summed E-state index contributed by atoms with van der Waals surface area (Å²) < 4.78 is 11.5. The van der Waals surface area contributed by atoms with Gasteiger partial charge in [-0.05, 0) is 29.3 Å². The molecule has 0 unspecified atom stereocenters. The highest BCUT2D eigenvalue weighted by Crippen LogP contribution is 2.27. The number of hydrogen-bond acceptors (Lipinski definition) is 6. The van der Waals surface area contributed by atoms with Crippen molar-refractivity contribution in [3.05, 3.63) is 42.5 Å². The van der Waals surface area contributed by atoms with Crippen LogP contribution in [-0.4, -0.2) is 58.5 Å². The van der Waals surface area contributed by atoms with E-state index in [0.29, 0.717) is 12.2 Å². The molecule has 0 bridgehead atoms. The number of carbonyl (C=O) groups excluding carboxylic acids is 1. The van der Waals surface area contributed by atoms with E-state index in [1.165, 1.54) is 0 Å². The summed E-state index contributed by atoms with van der Waals surface area (Å²) in [6.07, 6.45) is -3.80. The van der Waals surface area contributed by atoms with Crippen LogP contribution >= 0.6 is 0 Å². The molecule has 0 aliphatic carbocycles. The van der Waals surface area contributed by atoms with E-state index in [1.807, 2.05) is 43.3 Å². The number of ether oxygens (including phenoxy) is 2. The lowest BCUT2D eigenvalue weighted by Crippen LogP contribution is -2.65. The molecule has 2 aromatic carbocycles. The maximum absolute atomic E-state index is 12.0. The first-order valence-electron chi connectivity index (χ1n) is 9.10. The molecular weight excluding hydrogens is 350 g/mol. The highest BCUT2D eigenvalue weighted by Gasteiger charge is 2.46. The first kappa shape index (κ1) is 19.6. The molecular formula is C20H25NO6. The molecule has 0 aromatic heterocycles. The van der Waals surface area contributed by atoms with Gasteiger partial charge >= 0.3 is 0 Å². The van der Waals surface area contributed by atoms with Crippen molar-refractivity contribution in [3.8, 4) is 5.75 Å². The van der Waals surface area contributed by atoms with Crippen LogP contribution in [0.1, 0.15) is 19.8 Å². The molecule has 1 saturated heterocycles. The second-order valence-electron chi connectivity index (χ2n) is 6.68. The Morgan fingerprint density at radius 1 is 1.15 bits per heavy atom. The topological polar surface area (TPSA) is 108 Å². The minimum Gasteiger partial charge on any atom is -0.463 e. The highest BCUT2D eigenvalue weighted by atomic mass is 16.7. The van der Waals surface area contributed by atoms with Gasteiger partial charge in [0.1, 0.15) is 30.1 Å². The van der Waals surface area contributed by atoms with E-state index in [4.69, 9.17) is 9.47 Å². The summed E-state index contributed by atoms with van der Waals surface area (Å²) in [6, 6.07) is 12.3. The monoisotopic (exact) mass is 375 g/mol. The largest absolute Gasteiger partial charge is 0.463 e. The number of aliphatic hydroxyl groups is 3. The zero-order chi connectivity index (χ0) is 19.4. The van der Waals surface area contributed by atoms with Gasteiger partial charge in [0, 0.05) is 6.42 Å². The third-order valence-electron chi connectivity index (χ3n) is 4.66. The Morgan fingerprint density at radius 3 is 2.59 bits per heavy atom. The fourth-order valence-electron chi connectivity index (χ4n) is 3.20. The summed E-state index contributed by atoms with van der Waals surface area (Å²) in [5.41, 5.74) is 0. The van der Waals surface area contributed by atoms with Crippen LogP contribution in [-0.2, 0) is 9.53 Å². The van der Waals surface area contributed by atoms with E-state index in [-0.39, 0.29) is 12.3 Å². The zero-order valence-electron chi connectivity index (χ0n) is 15.1. The smallest absolute Gasteiger partial charge is 0.223 e. The molecule has 7 heteroatoms. The number of hydrogen-bond donors (Lipinski definition) is 4. The Hall–Kier alpha value is -2.19. The normalized spacial score (nSPS) is 28.1. The number of benzene rings is 2. The van der Waals surface area contributed by atoms with Crippen LogP contribution in [0.25, 0.3) is 10.8 Å². The lowest BCUT2D eigenvalue weighted by molar-refractivity contribution is -0.244. The van der Waals surface area contributed by atoms with Crippen molar-refractivity contribution < 1.29 is 29.6 Å². The molecule has 0 saturated carbocycles. The highest BCUT2D eigenvalue weighted by molar-refractivity contribution is 5.83. The SMILES string of the molecule is CCCC(=O)N[C@H]1[C@H](Oc2ccc3ccccc3c2)O[C@H](CO)[C@@H](O)[C@@H]1O. The Balaban J connectivity index is 1.83. The third-order valence-corrected chi connectivity index (χ3v) is 4.66. The van der Waals surface area contributed by atoms with Crippen LogP contribution in [0.5, 0.6) is 5.75 Å². The Bertz CT molecular complexity index is 782. The van der Waals surface area contributed by atoms with Crippen molar-refractivity contribution >= 4 is 16.7 Å². The summed E-state index contributed by atoms with van der Waals surface area (Å²) in [7, 11) is 0. The van der Waals surface area contributed by atoms with E-state index >= 15 is 0 Å². The van der Waals surface area contributed by atoms with Crippen LogP contribution in [0.3, 0.4) is 0 Å². The predicted octanol–water partition coefficient (Wildman–Crippen LogP) is 0.942. The van der Waals surface area contributed by atoms with Crippen LogP contribution in [0.4, 0.5) is 0 Å². The predicted molar refractivity (Wildman–Crippen MR) is 99.2 cm³/mol. The van der Waals surface area contributed by atoms with Crippen molar-refractivity contribution in [1.29, 1.82) is 0 Å². The number of carbonyl (C=O) groups is 1. The standard InChI is InChI=1S/C20H25NO6/c1-2-5-16(23)21-17-19(25)18(24)15(11-22)27-20(17)26-14-9-8-12-6-3-4-7-13(12)10-14/h3-4,6-10,15,17-20,22,24-25H,2,5,11H2,1H3,(H,21,23)/t15-,17-,18-,19-,20-/m1/s1. The number of nitrogens with one attached hydrogen (secondary N) is 1. The van der Waals surface area contributed by atoms with Gasteiger partial charge in [0.25, 0.3) is 0 Å². The average Bonchev–Trinajstić information content (AvgIpc) is 2.67. The second kappa shape index (κ2) is 8.67. The van der Waals surface area contributed by atoms with Crippen LogP contribution in [0.15, 0.2) is 42.5 Å². The van der Waals surface area contributed by atoms with E-state index in [9.17, 15) is 20.1 Å². The van der Waals surface area contributed by atoms with Gasteiger partial charge in [-0.3, -0.25) is 4.79 Å². The van der Waals surface area contributed by atoms with Gasteiger partial charge in [-0.25, -0.2) is 0 Å². The van der Waals surface area contributed by atoms with Gasteiger partial charge < -0.3 is 30.1 Å². The number of rotatable bonds is 6. The maximum atomic E-state index is 12.0. The average molecular weight is 375 g/mol. The fraction of sp³-hybridized carbons (Fsp3) is 0.450. The second-order valence-corrected chi connectivity index (χ2v) is 6.68. The molecule has 3 rings (SSSR count). The molecule has 1 fully saturated rings. The van der Waals surface area contributed by atoms with Gasteiger partial charge in [0.2, 0.25) is 12.2 Å². The summed E-state index contributed by atoms with van der Waals surface area (Å²) in [5.74, 6) is 0.223. The first-order valence-corrected chi connectivity index (χ1v) is 9.10. The van der Waals surface area contributed by atoms with Crippen molar-refractivity contribution in [2.45, 2.75) is 50.4 Å². The molecule has 27 heavy (non-hydrogen) atoms. The Kier molecular flexibility index (Phi) is 6.28. The van der Waals surface area contributed by atoms with E-state index < -0.39 is 37.3 Å². The molecule has 2 aromatic rings. The van der Waals surface area contributed by atoms with Gasteiger partial charge in [-0.2, -0.15) is 0 Å². The van der Waals surface area contributed by atoms with Crippen molar-refractivity contribution in [1.82, 2.24) is 5.32 Å². The van der Waals surface area contributed by atoms with Crippen molar-refractivity contribution in [2.75, 3.05) is 6.61 Å². The van der Waals surface area contributed by atoms with Crippen LogP contribution in [0, 0.1) is 0 Å². The Morgan fingerprint density at radius 2 is 1.89 bits per heavy atom. The van der Waals surface area contributed by atoms with Gasteiger partial charge in [-0.15, -0.1) is 0 Å². The van der Waals surface area contributed by atoms with E-state index in [2.05, 4.69) is 5.32 Å². The zero-order valence-corrected chi connectivity index (χ0v) is 15.1. The molecule has 4 N–H and O–H groups in total. The molecule has 1 heterocycles. The van der Waals surface area contributed by atoms with Crippen molar-refractivity contribution in [2.24, 2.45) is 0 Å². The quantitative estimate of drug-likeness (QED) is 0.599. The molecule has 1 aliphatic heterocycles. The molecule has 0 spiro atoms. The summed E-state index contributed by atoms with van der Waals surface area (Å²) in [5, 5.41) is 34.7. The van der Waals surface area contributed by atoms with Gasteiger partial charge in [-0.1, -0.05) is 37.3 Å². The van der Waals surface area contributed by atoms with Crippen LogP contribution < -0.4 is 10.1 Å². The maximum Gasteiger partial charge on any atom is 0.223 e. The summed E-state index contributed by atoms with van der Waals surface area (Å²) >= 11 is 0. The fourth-order valence-corrected chi connectivity index (χ4v) is 3.20.